The lowest BCUT2D eigenvalue weighted by molar-refractivity contribution is -0.145. The number of nitrogens with one attached hydrogen (secondary N) is 4. The number of amides is 5. The van der Waals surface area contributed by atoms with E-state index in [-0.39, 0.29) is 48.6 Å². The molecule has 1 aromatic rings. The number of rotatable bonds is 13. The van der Waals surface area contributed by atoms with E-state index in [1.807, 2.05) is 37.3 Å². The lowest BCUT2D eigenvalue weighted by atomic mass is 9.83. The summed E-state index contributed by atoms with van der Waals surface area (Å²) in [7, 11) is 0. The van der Waals surface area contributed by atoms with Crippen LogP contribution in [0, 0.1) is 23.2 Å². The Hall–Kier alpha value is -3.96. The Labute approximate surface area is 283 Å². The molecule has 0 bridgehead atoms. The number of Topliss-reactive ketones (excluding diaryl/α,β-unsaturated/α-hetero) is 1. The van der Waals surface area contributed by atoms with Gasteiger partial charge in [-0.15, -0.1) is 0 Å². The topological polar surface area (TPSA) is 163 Å². The Bertz CT molecular complexity index is 1350. The zero-order valence-corrected chi connectivity index (χ0v) is 29.2. The van der Waals surface area contributed by atoms with Gasteiger partial charge in [-0.3, -0.25) is 24.0 Å². The number of nitrogens with zero attached hydrogens (tertiary/aromatic N) is 1. The number of likely N-dealkylation sites (tertiary alicyclic amines) is 1. The number of ether oxygens (including phenoxy) is 1. The summed E-state index contributed by atoms with van der Waals surface area (Å²) in [6.07, 6.45) is 4.57. The Kier molecular flexibility index (Phi) is 11.9. The smallest absolute Gasteiger partial charge is 0.408 e. The van der Waals surface area contributed by atoms with Crippen molar-refractivity contribution in [3.63, 3.8) is 0 Å². The molecule has 12 nitrogen and oxygen atoms in total. The first-order chi connectivity index (χ1) is 22.6. The third-order valence-corrected chi connectivity index (χ3v) is 10.00. The Morgan fingerprint density at radius 1 is 0.958 bits per heavy atom. The lowest BCUT2D eigenvalue weighted by Crippen LogP contribution is -2.60. The summed E-state index contributed by atoms with van der Waals surface area (Å²) in [5.41, 5.74) is -0.0393. The second kappa shape index (κ2) is 15.5. The SMILES string of the molecule is CCCC(NC(=O)[C@@H]1[C@@H]2[C@H](CN1C(=O)C(NC(=O)OC(C)(C)C)C1CCCCC1)C2(C)C)C(=O)C(=O)NCC(=O)NCc1ccccc1. The molecule has 264 valence electrons. The van der Waals surface area contributed by atoms with Crippen LogP contribution in [0.2, 0.25) is 0 Å². The Morgan fingerprint density at radius 3 is 2.25 bits per heavy atom. The van der Waals surface area contributed by atoms with Crippen molar-refractivity contribution < 1.29 is 33.5 Å². The molecule has 2 saturated carbocycles. The quantitative estimate of drug-likeness (QED) is 0.235. The Balaban J connectivity index is 1.44. The zero-order chi connectivity index (χ0) is 35.2. The van der Waals surface area contributed by atoms with Gasteiger partial charge in [0.05, 0.1) is 12.6 Å². The van der Waals surface area contributed by atoms with E-state index in [9.17, 15) is 28.8 Å². The number of benzene rings is 1. The van der Waals surface area contributed by atoms with Gasteiger partial charge in [-0.25, -0.2) is 4.79 Å². The summed E-state index contributed by atoms with van der Waals surface area (Å²) >= 11 is 0. The third kappa shape index (κ3) is 9.14. The summed E-state index contributed by atoms with van der Waals surface area (Å²) in [6.45, 7) is 11.5. The van der Waals surface area contributed by atoms with Gasteiger partial charge in [-0.1, -0.05) is 76.8 Å². The summed E-state index contributed by atoms with van der Waals surface area (Å²) in [5, 5.41) is 10.7. The van der Waals surface area contributed by atoms with Gasteiger partial charge >= 0.3 is 6.09 Å². The van der Waals surface area contributed by atoms with Crippen molar-refractivity contribution >= 4 is 35.5 Å². The van der Waals surface area contributed by atoms with Crippen molar-refractivity contribution in [2.24, 2.45) is 23.2 Å². The van der Waals surface area contributed by atoms with Crippen LogP contribution >= 0.6 is 0 Å². The first kappa shape index (κ1) is 36.9. The van der Waals surface area contributed by atoms with Crippen molar-refractivity contribution in [3.8, 4) is 0 Å². The van der Waals surface area contributed by atoms with E-state index in [0.717, 1.165) is 37.7 Å². The van der Waals surface area contributed by atoms with Crippen LogP contribution < -0.4 is 21.3 Å². The highest BCUT2D eigenvalue weighted by Gasteiger charge is 2.69. The largest absolute Gasteiger partial charge is 0.444 e. The molecule has 4 rings (SSSR count). The van der Waals surface area contributed by atoms with Crippen LogP contribution in [0.25, 0.3) is 0 Å². The monoisotopic (exact) mass is 667 g/mol. The molecule has 12 heteroatoms. The number of hydrogen-bond donors (Lipinski definition) is 4. The van der Waals surface area contributed by atoms with Crippen molar-refractivity contribution in [3.05, 3.63) is 35.9 Å². The number of alkyl carbamates (subject to hydrolysis) is 1. The number of fused-ring (bicyclic) bond motifs is 1. The van der Waals surface area contributed by atoms with Crippen molar-refractivity contribution in [1.29, 1.82) is 0 Å². The van der Waals surface area contributed by atoms with Crippen molar-refractivity contribution in [2.45, 2.75) is 117 Å². The van der Waals surface area contributed by atoms with Crippen molar-refractivity contribution in [1.82, 2.24) is 26.2 Å². The van der Waals surface area contributed by atoms with E-state index in [1.165, 1.54) is 0 Å². The van der Waals surface area contributed by atoms with Gasteiger partial charge in [-0.05, 0) is 68.8 Å². The molecule has 0 aromatic heterocycles. The minimum Gasteiger partial charge on any atom is -0.444 e. The van der Waals surface area contributed by atoms with Gasteiger partial charge in [0.25, 0.3) is 5.91 Å². The lowest BCUT2D eigenvalue weighted by Gasteiger charge is -2.37. The Morgan fingerprint density at radius 2 is 1.62 bits per heavy atom. The molecule has 1 heterocycles. The van der Waals surface area contributed by atoms with Gasteiger partial charge in [0.2, 0.25) is 23.5 Å². The average molecular weight is 668 g/mol. The van der Waals surface area contributed by atoms with Crippen molar-refractivity contribution in [2.75, 3.05) is 13.1 Å². The molecule has 0 radical (unpaired) electrons. The molecule has 5 amide bonds. The van der Waals surface area contributed by atoms with Crippen LogP contribution in [0.1, 0.15) is 92.1 Å². The van der Waals surface area contributed by atoms with Crippen LogP contribution in [-0.2, 0) is 35.3 Å². The molecular weight excluding hydrogens is 614 g/mol. The maximum absolute atomic E-state index is 14.3. The molecule has 3 aliphatic rings. The summed E-state index contributed by atoms with van der Waals surface area (Å²) < 4.78 is 5.51. The van der Waals surface area contributed by atoms with E-state index in [1.54, 1.807) is 25.7 Å². The number of ketones is 1. The number of carbonyl (C=O) groups is 6. The van der Waals surface area contributed by atoms with Crippen LogP contribution in [-0.4, -0.2) is 77.2 Å². The molecule has 2 aliphatic carbocycles. The molecule has 48 heavy (non-hydrogen) atoms. The molecule has 2 unspecified atom stereocenters. The average Bonchev–Trinajstić information content (AvgIpc) is 3.34. The summed E-state index contributed by atoms with van der Waals surface area (Å²) in [4.78, 5) is 81.2. The highest BCUT2D eigenvalue weighted by Crippen LogP contribution is 2.65. The predicted molar refractivity (Wildman–Crippen MR) is 179 cm³/mol. The molecule has 3 fully saturated rings. The predicted octanol–water partition coefficient (Wildman–Crippen LogP) is 3.23. The number of piperidine rings is 1. The maximum Gasteiger partial charge on any atom is 0.408 e. The fourth-order valence-corrected chi connectivity index (χ4v) is 7.35. The number of hydrogen-bond acceptors (Lipinski definition) is 7. The van der Waals surface area contributed by atoms with Crippen LogP contribution in [0.4, 0.5) is 4.79 Å². The van der Waals surface area contributed by atoms with Crippen LogP contribution in [0.5, 0.6) is 0 Å². The standard InChI is InChI=1S/C36H53N5O7/c1-7-14-25(30(43)32(45)38-20-26(42)37-19-22-15-10-8-11-16-22)39-31(44)29-27-24(36(27,5)6)21-41(29)33(46)28(23-17-12-9-13-18-23)40-34(47)48-35(2,3)4/h8,10-11,15-16,23-25,27-29H,7,9,12-14,17-21H2,1-6H3,(H,37,42)(H,38,45)(H,39,44)(H,40,47)/t24-,25?,27-,28?,29-/m0/s1. The van der Waals surface area contributed by atoms with E-state index in [4.69, 9.17) is 4.74 Å². The summed E-state index contributed by atoms with van der Waals surface area (Å²) in [5.74, 6) is -3.23. The first-order valence-corrected chi connectivity index (χ1v) is 17.4. The van der Waals surface area contributed by atoms with Gasteiger partial charge in [-0.2, -0.15) is 0 Å². The first-order valence-electron chi connectivity index (χ1n) is 17.4. The van der Waals surface area contributed by atoms with E-state index in [2.05, 4.69) is 35.1 Å². The zero-order valence-electron chi connectivity index (χ0n) is 29.2. The highest BCUT2D eigenvalue weighted by molar-refractivity contribution is 6.38. The highest BCUT2D eigenvalue weighted by atomic mass is 16.6. The molecular formula is C36H53N5O7. The molecule has 0 spiro atoms. The minimum atomic E-state index is -1.12. The molecule has 4 N–H and O–H groups in total. The second-order valence-corrected chi connectivity index (χ2v) is 15.1. The van der Waals surface area contributed by atoms with Crippen LogP contribution in [0.3, 0.4) is 0 Å². The van der Waals surface area contributed by atoms with E-state index < -0.39 is 53.3 Å². The fraction of sp³-hybridized carbons (Fsp3) is 0.667. The van der Waals surface area contributed by atoms with E-state index in [0.29, 0.717) is 13.0 Å². The van der Waals surface area contributed by atoms with Gasteiger partial charge in [0.15, 0.2) is 0 Å². The molecule has 1 aliphatic heterocycles. The van der Waals surface area contributed by atoms with Crippen LogP contribution in [0.15, 0.2) is 30.3 Å². The van der Waals surface area contributed by atoms with Gasteiger partial charge < -0.3 is 30.9 Å². The number of carbonyl (C=O) groups excluding carboxylic acids is 6. The van der Waals surface area contributed by atoms with Gasteiger partial charge in [0, 0.05) is 13.1 Å². The second-order valence-electron chi connectivity index (χ2n) is 15.1. The van der Waals surface area contributed by atoms with E-state index >= 15 is 0 Å². The molecule has 1 saturated heterocycles. The molecule has 5 atom stereocenters. The third-order valence-electron chi connectivity index (χ3n) is 10.00. The summed E-state index contributed by atoms with van der Waals surface area (Å²) in [6, 6.07) is 6.46. The fourth-order valence-electron chi connectivity index (χ4n) is 7.35. The van der Waals surface area contributed by atoms with Gasteiger partial charge in [0.1, 0.15) is 17.7 Å². The normalized spacial score (nSPS) is 22.8. The molecule has 1 aromatic carbocycles. The minimum absolute atomic E-state index is 0.0868. The maximum atomic E-state index is 14.3.